The molecule has 0 aliphatic rings. The van der Waals surface area contributed by atoms with Gasteiger partial charge in [-0.3, -0.25) is 4.79 Å². The zero-order valence-corrected chi connectivity index (χ0v) is 15.7. The number of ether oxygens (including phenoxy) is 1. The second kappa shape index (κ2) is 8.90. The smallest absolute Gasteiger partial charge is 0.262 e. The van der Waals surface area contributed by atoms with E-state index in [1.54, 1.807) is 0 Å². The van der Waals surface area contributed by atoms with Crippen LogP contribution in [0.5, 0.6) is 5.75 Å². The number of carbonyl (C=O) groups excluding carboxylic acids is 1. The molecule has 0 spiro atoms. The summed E-state index contributed by atoms with van der Waals surface area (Å²) in [5.74, 6) is 0.502. The SMILES string of the molecule is Cc1cccc(NCc2cccc(OCC(=O)Nc3cccc(C)c3)c2)c1. The summed E-state index contributed by atoms with van der Waals surface area (Å²) in [4.78, 5) is 12.1. The Bertz CT molecular complexity index is 922. The Balaban J connectivity index is 1.52. The quantitative estimate of drug-likeness (QED) is 0.628. The van der Waals surface area contributed by atoms with Gasteiger partial charge in [0.2, 0.25) is 0 Å². The summed E-state index contributed by atoms with van der Waals surface area (Å²) in [6, 6.07) is 23.7. The van der Waals surface area contributed by atoms with Crippen molar-refractivity contribution in [2.24, 2.45) is 0 Å². The topological polar surface area (TPSA) is 50.4 Å². The van der Waals surface area contributed by atoms with E-state index in [4.69, 9.17) is 4.74 Å². The van der Waals surface area contributed by atoms with Crippen molar-refractivity contribution >= 4 is 17.3 Å². The standard InChI is InChI=1S/C23H24N2O2/c1-17-6-3-9-20(12-17)24-15-19-8-5-11-22(14-19)27-16-23(26)25-21-10-4-7-18(2)13-21/h3-14,24H,15-16H2,1-2H3,(H,25,26). The lowest BCUT2D eigenvalue weighted by Gasteiger charge is -2.10. The molecule has 0 atom stereocenters. The second-order valence-corrected chi connectivity index (χ2v) is 6.58. The van der Waals surface area contributed by atoms with Gasteiger partial charge in [0.25, 0.3) is 5.91 Å². The number of amides is 1. The fourth-order valence-electron chi connectivity index (χ4n) is 2.77. The molecule has 2 N–H and O–H groups in total. The molecule has 0 unspecified atom stereocenters. The highest BCUT2D eigenvalue weighted by Gasteiger charge is 2.05. The molecule has 0 saturated heterocycles. The molecular weight excluding hydrogens is 336 g/mol. The average molecular weight is 360 g/mol. The van der Waals surface area contributed by atoms with Crippen LogP contribution in [0.1, 0.15) is 16.7 Å². The molecule has 4 nitrogen and oxygen atoms in total. The maximum Gasteiger partial charge on any atom is 0.262 e. The number of anilines is 2. The molecule has 3 aromatic carbocycles. The zero-order chi connectivity index (χ0) is 19.1. The first-order valence-corrected chi connectivity index (χ1v) is 8.97. The van der Waals surface area contributed by atoms with Gasteiger partial charge in [-0.1, -0.05) is 36.4 Å². The lowest BCUT2D eigenvalue weighted by molar-refractivity contribution is -0.118. The molecule has 1 amide bonds. The van der Waals surface area contributed by atoms with E-state index < -0.39 is 0 Å². The molecule has 0 radical (unpaired) electrons. The van der Waals surface area contributed by atoms with Crippen LogP contribution >= 0.6 is 0 Å². The molecule has 0 aromatic heterocycles. The van der Waals surface area contributed by atoms with Crippen LogP contribution in [0.25, 0.3) is 0 Å². The summed E-state index contributed by atoms with van der Waals surface area (Å²) in [5.41, 5.74) is 5.27. The molecule has 0 bridgehead atoms. The summed E-state index contributed by atoms with van der Waals surface area (Å²) < 4.78 is 5.64. The average Bonchev–Trinajstić information content (AvgIpc) is 2.65. The van der Waals surface area contributed by atoms with Crippen molar-refractivity contribution in [2.45, 2.75) is 20.4 Å². The van der Waals surface area contributed by atoms with Gasteiger partial charge in [-0.25, -0.2) is 0 Å². The highest BCUT2D eigenvalue weighted by molar-refractivity contribution is 5.91. The number of aryl methyl sites for hydroxylation is 2. The van der Waals surface area contributed by atoms with E-state index in [1.165, 1.54) is 5.56 Å². The number of hydrogen-bond acceptors (Lipinski definition) is 3. The van der Waals surface area contributed by atoms with Crippen molar-refractivity contribution in [1.82, 2.24) is 0 Å². The van der Waals surface area contributed by atoms with Gasteiger partial charge in [-0.15, -0.1) is 0 Å². The van der Waals surface area contributed by atoms with Crippen molar-refractivity contribution < 1.29 is 9.53 Å². The maximum absolute atomic E-state index is 12.1. The van der Waals surface area contributed by atoms with Crippen molar-refractivity contribution in [1.29, 1.82) is 0 Å². The number of benzene rings is 3. The third kappa shape index (κ3) is 5.89. The largest absolute Gasteiger partial charge is 0.484 e. The Hall–Kier alpha value is -3.27. The molecule has 0 aliphatic heterocycles. The van der Waals surface area contributed by atoms with Crippen molar-refractivity contribution in [3.63, 3.8) is 0 Å². The second-order valence-electron chi connectivity index (χ2n) is 6.58. The Morgan fingerprint density at radius 2 is 1.52 bits per heavy atom. The van der Waals surface area contributed by atoms with E-state index in [0.717, 1.165) is 22.5 Å². The van der Waals surface area contributed by atoms with Crippen LogP contribution < -0.4 is 15.4 Å². The van der Waals surface area contributed by atoms with Crippen LogP contribution in [-0.4, -0.2) is 12.5 Å². The van der Waals surface area contributed by atoms with Crippen molar-refractivity contribution in [3.8, 4) is 5.75 Å². The van der Waals surface area contributed by atoms with Gasteiger partial charge in [-0.05, 0) is 66.9 Å². The lowest BCUT2D eigenvalue weighted by Crippen LogP contribution is -2.20. The van der Waals surface area contributed by atoms with Crippen molar-refractivity contribution in [3.05, 3.63) is 89.5 Å². The highest BCUT2D eigenvalue weighted by Crippen LogP contribution is 2.16. The minimum absolute atomic E-state index is 0.0251. The van der Waals surface area contributed by atoms with Gasteiger partial charge < -0.3 is 15.4 Å². The highest BCUT2D eigenvalue weighted by atomic mass is 16.5. The van der Waals surface area contributed by atoms with Gasteiger partial charge >= 0.3 is 0 Å². The summed E-state index contributed by atoms with van der Waals surface area (Å²) in [7, 11) is 0. The lowest BCUT2D eigenvalue weighted by atomic mass is 10.2. The van der Waals surface area contributed by atoms with Crippen LogP contribution in [0.2, 0.25) is 0 Å². The molecule has 0 saturated carbocycles. The monoisotopic (exact) mass is 360 g/mol. The third-order valence-electron chi connectivity index (χ3n) is 4.08. The van der Waals surface area contributed by atoms with Crippen LogP contribution in [-0.2, 0) is 11.3 Å². The summed E-state index contributed by atoms with van der Waals surface area (Å²) in [6.07, 6.45) is 0. The van der Waals surface area contributed by atoms with Crippen LogP contribution in [0.4, 0.5) is 11.4 Å². The first kappa shape index (κ1) is 18.5. The van der Waals surface area contributed by atoms with Crippen LogP contribution in [0, 0.1) is 13.8 Å². The van der Waals surface area contributed by atoms with Gasteiger partial charge in [0.1, 0.15) is 5.75 Å². The maximum atomic E-state index is 12.1. The van der Waals surface area contributed by atoms with Gasteiger partial charge in [0.05, 0.1) is 0 Å². The van der Waals surface area contributed by atoms with Crippen LogP contribution in [0.15, 0.2) is 72.8 Å². The molecule has 138 valence electrons. The van der Waals surface area contributed by atoms with E-state index in [2.05, 4.69) is 29.7 Å². The number of rotatable bonds is 7. The van der Waals surface area contributed by atoms with E-state index in [9.17, 15) is 4.79 Å². The zero-order valence-electron chi connectivity index (χ0n) is 15.7. The number of carbonyl (C=O) groups is 1. The fourth-order valence-corrected chi connectivity index (χ4v) is 2.77. The Kier molecular flexibility index (Phi) is 6.10. The molecule has 27 heavy (non-hydrogen) atoms. The van der Waals surface area contributed by atoms with Gasteiger partial charge in [-0.2, -0.15) is 0 Å². The fraction of sp³-hybridized carbons (Fsp3) is 0.174. The first-order valence-electron chi connectivity index (χ1n) is 8.97. The van der Waals surface area contributed by atoms with Gasteiger partial charge in [0.15, 0.2) is 6.61 Å². The summed E-state index contributed by atoms with van der Waals surface area (Å²) >= 11 is 0. The van der Waals surface area contributed by atoms with Crippen molar-refractivity contribution in [2.75, 3.05) is 17.2 Å². The molecule has 0 fully saturated rings. The Morgan fingerprint density at radius 3 is 2.26 bits per heavy atom. The van der Waals surface area contributed by atoms with Gasteiger partial charge in [0, 0.05) is 17.9 Å². The number of hydrogen-bond donors (Lipinski definition) is 2. The van der Waals surface area contributed by atoms with Crippen LogP contribution in [0.3, 0.4) is 0 Å². The Morgan fingerprint density at radius 1 is 0.852 bits per heavy atom. The molecule has 3 aromatic rings. The van der Waals surface area contributed by atoms with E-state index >= 15 is 0 Å². The molecule has 0 aliphatic carbocycles. The molecule has 3 rings (SSSR count). The normalized spacial score (nSPS) is 10.3. The minimum atomic E-state index is -0.177. The van der Waals surface area contributed by atoms with E-state index in [1.807, 2.05) is 67.6 Å². The van der Waals surface area contributed by atoms with E-state index in [0.29, 0.717) is 12.3 Å². The number of nitrogens with one attached hydrogen (secondary N) is 2. The predicted molar refractivity (Wildman–Crippen MR) is 110 cm³/mol. The Labute approximate surface area is 160 Å². The third-order valence-corrected chi connectivity index (χ3v) is 4.08. The predicted octanol–water partition coefficient (Wildman–Crippen LogP) is 4.93. The van der Waals surface area contributed by atoms with E-state index in [-0.39, 0.29) is 12.5 Å². The molecular formula is C23H24N2O2. The molecule has 4 heteroatoms. The first-order chi connectivity index (χ1) is 13.1. The molecule has 0 heterocycles. The minimum Gasteiger partial charge on any atom is -0.484 e. The summed E-state index contributed by atoms with van der Waals surface area (Å²) in [5, 5.41) is 6.24. The summed E-state index contributed by atoms with van der Waals surface area (Å²) in [6.45, 7) is 4.72.